The standard InChI is InChI=1S/C11H18N2O/c1-3-4-5-6-11(14)13(2)10-7-8-12-9-10/h3-6,10,12H,7-9H2,1-2H3. The zero-order chi connectivity index (χ0) is 10.4. The van der Waals surface area contributed by atoms with E-state index in [2.05, 4.69) is 5.32 Å². The van der Waals surface area contributed by atoms with Gasteiger partial charge in [0, 0.05) is 25.7 Å². The van der Waals surface area contributed by atoms with E-state index in [-0.39, 0.29) is 5.91 Å². The quantitative estimate of drug-likeness (QED) is 0.535. The summed E-state index contributed by atoms with van der Waals surface area (Å²) in [5.74, 6) is 0.0804. The van der Waals surface area contributed by atoms with E-state index in [9.17, 15) is 4.79 Å². The molecule has 0 aromatic rings. The molecule has 1 amide bonds. The number of amides is 1. The first kappa shape index (κ1) is 11.0. The van der Waals surface area contributed by atoms with Crippen molar-refractivity contribution in [2.45, 2.75) is 19.4 Å². The summed E-state index contributed by atoms with van der Waals surface area (Å²) in [5, 5.41) is 3.24. The van der Waals surface area contributed by atoms with Gasteiger partial charge in [0.15, 0.2) is 0 Å². The molecule has 3 heteroatoms. The van der Waals surface area contributed by atoms with Crippen LogP contribution in [0, 0.1) is 0 Å². The van der Waals surface area contributed by atoms with Crippen molar-refractivity contribution in [2.75, 3.05) is 20.1 Å². The maximum atomic E-state index is 11.6. The number of nitrogens with zero attached hydrogens (tertiary/aromatic N) is 1. The van der Waals surface area contributed by atoms with Gasteiger partial charge in [0.2, 0.25) is 5.91 Å². The highest BCUT2D eigenvalue weighted by molar-refractivity contribution is 5.87. The zero-order valence-electron chi connectivity index (χ0n) is 8.86. The number of rotatable bonds is 3. The summed E-state index contributed by atoms with van der Waals surface area (Å²) in [4.78, 5) is 13.4. The van der Waals surface area contributed by atoms with Crippen molar-refractivity contribution in [3.8, 4) is 0 Å². The molecular formula is C11H18N2O. The SMILES string of the molecule is CC=CC=CC(=O)N(C)C1CCNC1. The van der Waals surface area contributed by atoms with E-state index >= 15 is 0 Å². The maximum absolute atomic E-state index is 11.6. The molecule has 1 fully saturated rings. The Morgan fingerprint density at radius 1 is 1.50 bits per heavy atom. The van der Waals surface area contributed by atoms with Crippen LogP contribution in [0.25, 0.3) is 0 Å². The van der Waals surface area contributed by atoms with Crippen molar-refractivity contribution in [1.82, 2.24) is 10.2 Å². The Labute approximate surface area is 85.5 Å². The second-order valence-electron chi connectivity index (χ2n) is 3.48. The largest absolute Gasteiger partial charge is 0.338 e. The average Bonchev–Trinajstić information content (AvgIpc) is 2.69. The van der Waals surface area contributed by atoms with E-state index in [1.165, 1.54) is 0 Å². The van der Waals surface area contributed by atoms with Crippen molar-refractivity contribution in [3.63, 3.8) is 0 Å². The first-order valence-electron chi connectivity index (χ1n) is 5.02. The Hall–Kier alpha value is -1.09. The Kier molecular flexibility index (Phi) is 4.40. The number of nitrogens with one attached hydrogen (secondary N) is 1. The molecule has 14 heavy (non-hydrogen) atoms. The van der Waals surface area contributed by atoms with Crippen LogP contribution >= 0.6 is 0 Å². The summed E-state index contributed by atoms with van der Waals surface area (Å²) < 4.78 is 0. The van der Waals surface area contributed by atoms with Gasteiger partial charge < -0.3 is 10.2 Å². The van der Waals surface area contributed by atoms with Crippen molar-refractivity contribution < 1.29 is 4.79 Å². The van der Waals surface area contributed by atoms with Gasteiger partial charge in [-0.1, -0.05) is 18.2 Å². The van der Waals surface area contributed by atoms with E-state index in [0.717, 1.165) is 19.5 Å². The van der Waals surface area contributed by atoms with Gasteiger partial charge in [-0.2, -0.15) is 0 Å². The van der Waals surface area contributed by atoms with Crippen molar-refractivity contribution >= 4 is 5.91 Å². The molecule has 0 aliphatic carbocycles. The van der Waals surface area contributed by atoms with Gasteiger partial charge in [0.05, 0.1) is 0 Å². The highest BCUT2D eigenvalue weighted by Crippen LogP contribution is 2.06. The molecule has 1 N–H and O–H groups in total. The fourth-order valence-corrected chi connectivity index (χ4v) is 1.52. The van der Waals surface area contributed by atoms with Crippen LogP contribution in [-0.4, -0.2) is 37.0 Å². The molecule has 0 saturated carbocycles. The number of hydrogen-bond donors (Lipinski definition) is 1. The van der Waals surface area contributed by atoms with Crippen LogP contribution in [0.3, 0.4) is 0 Å². The van der Waals surface area contributed by atoms with Crippen LogP contribution in [0.4, 0.5) is 0 Å². The van der Waals surface area contributed by atoms with Crippen LogP contribution in [0.2, 0.25) is 0 Å². The lowest BCUT2D eigenvalue weighted by Crippen LogP contribution is -2.37. The zero-order valence-corrected chi connectivity index (χ0v) is 8.86. The summed E-state index contributed by atoms with van der Waals surface area (Å²) in [6.45, 7) is 3.86. The number of likely N-dealkylation sites (N-methyl/N-ethyl adjacent to an activating group) is 1. The number of hydrogen-bond acceptors (Lipinski definition) is 2. The molecule has 0 spiro atoms. The maximum Gasteiger partial charge on any atom is 0.246 e. The van der Waals surface area contributed by atoms with Gasteiger partial charge in [-0.15, -0.1) is 0 Å². The topological polar surface area (TPSA) is 32.3 Å². The highest BCUT2D eigenvalue weighted by Gasteiger charge is 2.21. The van der Waals surface area contributed by atoms with Crippen LogP contribution in [0.1, 0.15) is 13.3 Å². The Morgan fingerprint density at radius 2 is 2.29 bits per heavy atom. The van der Waals surface area contributed by atoms with Crippen molar-refractivity contribution in [3.05, 3.63) is 24.3 Å². The van der Waals surface area contributed by atoms with Gasteiger partial charge in [-0.25, -0.2) is 0 Å². The lowest BCUT2D eigenvalue weighted by atomic mass is 10.2. The molecule has 1 aliphatic heterocycles. The molecule has 0 bridgehead atoms. The number of carbonyl (C=O) groups is 1. The Bertz CT molecular complexity index is 240. The van der Waals surface area contributed by atoms with E-state index < -0.39 is 0 Å². The minimum absolute atomic E-state index is 0.0804. The fourth-order valence-electron chi connectivity index (χ4n) is 1.52. The summed E-state index contributed by atoms with van der Waals surface area (Å²) in [5.41, 5.74) is 0. The molecule has 1 saturated heterocycles. The number of carbonyl (C=O) groups excluding carboxylic acids is 1. The minimum Gasteiger partial charge on any atom is -0.338 e. The van der Waals surface area contributed by atoms with Gasteiger partial charge in [-0.3, -0.25) is 4.79 Å². The van der Waals surface area contributed by atoms with Gasteiger partial charge in [-0.05, 0) is 19.9 Å². The summed E-state index contributed by atoms with van der Waals surface area (Å²) in [6.07, 6.45) is 8.21. The third-order valence-corrected chi connectivity index (χ3v) is 2.47. The minimum atomic E-state index is 0.0804. The van der Waals surface area contributed by atoms with Gasteiger partial charge in [0.1, 0.15) is 0 Å². The third-order valence-electron chi connectivity index (χ3n) is 2.47. The third kappa shape index (κ3) is 3.00. The molecule has 0 radical (unpaired) electrons. The highest BCUT2D eigenvalue weighted by atomic mass is 16.2. The van der Waals surface area contributed by atoms with Crippen LogP contribution in [0.5, 0.6) is 0 Å². The first-order valence-corrected chi connectivity index (χ1v) is 5.02. The molecular weight excluding hydrogens is 176 g/mol. The fraction of sp³-hybridized carbons (Fsp3) is 0.545. The molecule has 1 rings (SSSR count). The van der Waals surface area contributed by atoms with Crippen molar-refractivity contribution in [1.29, 1.82) is 0 Å². The molecule has 1 aliphatic rings. The van der Waals surface area contributed by atoms with E-state index in [0.29, 0.717) is 6.04 Å². The monoisotopic (exact) mass is 194 g/mol. The van der Waals surface area contributed by atoms with Gasteiger partial charge in [0.25, 0.3) is 0 Å². The summed E-state index contributed by atoms with van der Waals surface area (Å²) in [6, 6.07) is 0.359. The van der Waals surface area contributed by atoms with E-state index in [1.54, 1.807) is 17.1 Å². The lowest BCUT2D eigenvalue weighted by molar-refractivity contribution is -0.126. The molecule has 0 aromatic carbocycles. The Balaban J connectivity index is 2.42. The van der Waals surface area contributed by atoms with Crippen LogP contribution < -0.4 is 5.32 Å². The predicted molar refractivity (Wildman–Crippen MR) is 58.0 cm³/mol. The molecule has 1 atom stereocenters. The lowest BCUT2D eigenvalue weighted by Gasteiger charge is -2.21. The van der Waals surface area contributed by atoms with Crippen molar-refractivity contribution in [2.24, 2.45) is 0 Å². The predicted octanol–water partition coefficient (Wildman–Crippen LogP) is 0.939. The number of allylic oxidation sites excluding steroid dienone is 3. The second-order valence-corrected chi connectivity index (χ2v) is 3.48. The Morgan fingerprint density at radius 3 is 2.86 bits per heavy atom. The molecule has 3 nitrogen and oxygen atoms in total. The molecule has 78 valence electrons. The first-order chi connectivity index (χ1) is 6.75. The van der Waals surface area contributed by atoms with Gasteiger partial charge >= 0.3 is 0 Å². The summed E-state index contributed by atoms with van der Waals surface area (Å²) in [7, 11) is 1.86. The second kappa shape index (κ2) is 5.60. The molecule has 0 aromatic heterocycles. The van der Waals surface area contributed by atoms with E-state index in [4.69, 9.17) is 0 Å². The molecule has 1 unspecified atom stereocenters. The molecule has 1 heterocycles. The van der Waals surface area contributed by atoms with E-state index in [1.807, 2.05) is 26.1 Å². The smallest absolute Gasteiger partial charge is 0.246 e. The summed E-state index contributed by atoms with van der Waals surface area (Å²) >= 11 is 0. The average molecular weight is 194 g/mol. The normalized spacial score (nSPS) is 22.3. The van der Waals surface area contributed by atoms with Crippen LogP contribution in [0.15, 0.2) is 24.3 Å². The van der Waals surface area contributed by atoms with Crippen LogP contribution in [-0.2, 0) is 4.79 Å².